The fourth-order valence-electron chi connectivity index (χ4n) is 3.89. The minimum Gasteiger partial charge on any atom is -0.342 e. The van der Waals surface area contributed by atoms with Crippen LogP contribution in [0, 0.1) is 0 Å². The van der Waals surface area contributed by atoms with Crippen molar-refractivity contribution in [3.8, 4) is 0 Å². The van der Waals surface area contributed by atoms with Crippen molar-refractivity contribution in [3.05, 3.63) is 89.0 Å². The van der Waals surface area contributed by atoms with E-state index in [-0.39, 0.29) is 11.9 Å². The third kappa shape index (κ3) is 3.95. The van der Waals surface area contributed by atoms with Crippen molar-refractivity contribution in [2.75, 3.05) is 0 Å². The number of hydrogen-bond acceptors (Lipinski definition) is 2. The first-order valence-electron chi connectivity index (χ1n) is 9.63. The molecule has 27 heavy (non-hydrogen) atoms. The van der Waals surface area contributed by atoms with E-state index < -0.39 is 0 Å². The van der Waals surface area contributed by atoms with Crippen molar-refractivity contribution in [2.45, 2.75) is 38.1 Å². The van der Waals surface area contributed by atoms with E-state index in [2.05, 4.69) is 28.5 Å². The van der Waals surface area contributed by atoms with Crippen LogP contribution in [-0.4, -0.2) is 15.5 Å². The smallest absolute Gasteiger partial charge is 0.225 e. The van der Waals surface area contributed by atoms with Gasteiger partial charge in [0.2, 0.25) is 5.91 Å². The SMILES string of the molecule is Cn1ccnc1[C@H](NC(=O)Cc1ccc2c(c1)CCCC2)c1ccccc1. The molecule has 0 bridgehead atoms. The largest absolute Gasteiger partial charge is 0.342 e. The molecule has 1 amide bonds. The fraction of sp³-hybridized carbons (Fsp3) is 0.304. The average Bonchev–Trinajstić information content (AvgIpc) is 3.12. The molecule has 0 radical (unpaired) electrons. The third-order valence-corrected chi connectivity index (χ3v) is 5.33. The van der Waals surface area contributed by atoms with Crippen LogP contribution in [-0.2, 0) is 31.1 Å². The number of rotatable bonds is 5. The first-order valence-corrected chi connectivity index (χ1v) is 9.63. The highest BCUT2D eigenvalue weighted by atomic mass is 16.1. The molecule has 1 N–H and O–H groups in total. The number of carbonyl (C=O) groups is 1. The predicted molar refractivity (Wildman–Crippen MR) is 106 cm³/mol. The van der Waals surface area contributed by atoms with Crippen molar-refractivity contribution < 1.29 is 4.79 Å². The third-order valence-electron chi connectivity index (χ3n) is 5.33. The lowest BCUT2D eigenvalue weighted by atomic mass is 9.90. The molecule has 0 saturated carbocycles. The molecule has 138 valence electrons. The monoisotopic (exact) mass is 359 g/mol. The van der Waals surface area contributed by atoms with Gasteiger partial charge in [0.25, 0.3) is 0 Å². The standard InChI is InChI=1S/C23H25N3O/c1-26-14-13-24-23(26)22(19-8-3-2-4-9-19)25-21(27)16-17-11-12-18-7-5-6-10-20(18)15-17/h2-4,8-9,11-15,22H,5-7,10,16H2,1H3,(H,25,27)/t22-/m1/s1. The highest BCUT2D eigenvalue weighted by Crippen LogP contribution is 2.23. The summed E-state index contributed by atoms with van der Waals surface area (Å²) in [6.07, 6.45) is 8.87. The van der Waals surface area contributed by atoms with Crippen LogP contribution in [0.1, 0.15) is 47.0 Å². The van der Waals surface area contributed by atoms with Gasteiger partial charge in [0.05, 0.1) is 6.42 Å². The Bertz CT molecular complexity index is 930. The lowest BCUT2D eigenvalue weighted by molar-refractivity contribution is -0.121. The average molecular weight is 359 g/mol. The normalized spacial score (nSPS) is 14.4. The molecule has 3 aromatic rings. The molecule has 1 aliphatic carbocycles. The predicted octanol–water partition coefficient (Wildman–Crippen LogP) is 3.75. The second-order valence-electron chi connectivity index (χ2n) is 7.29. The summed E-state index contributed by atoms with van der Waals surface area (Å²) in [6, 6.07) is 16.3. The molecule has 1 heterocycles. The molecule has 4 nitrogen and oxygen atoms in total. The molecule has 0 fully saturated rings. The Hall–Kier alpha value is -2.88. The second kappa shape index (κ2) is 7.78. The minimum atomic E-state index is -0.253. The van der Waals surface area contributed by atoms with E-state index in [9.17, 15) is 4.79 Å². The summed E-state index contributed by atoms with van der Waals surface area (Å²) in [5.74, 6) is 0.850. The summed E-state index contributed by atoms with van der Waals surface area (Å²) in [5, 5.41) is 3.18. The zero-order valence-electron chi connectivity index (χ0n) is 15.7. The topological polar surface area (TPSA) is 46.9 Å². The number of imidazole rings is 1. The first-order chi connectivity index (χ1) is 13.2. The van der Waals surface area contributed by atoms with Crippen LogP contribution >= 0.6 is 0 Å². The quantitative estimate of drug-likeness (QED) is 0.754. The minimum absolute atomic E-state index is 0.0163. The van der Waals surface area contributed by atoms with Crippen LogP contribution in [0.25, 0.3) is 0 Å². The Balaban J connectivity index is 1.53. The van der Waals surface area contributed by atoms with E-state index in [1.165, 1.54) is 24.0 Å². The zero-order chi connectivity index (χ0) is 18.6. The number of aryl methyl sites for hydroxylation is 3. The van der Waals surface area contributed by atoms with Crippen molar-refractivity contribution in [1.29, 1.82) is 0 Å². The summed E-state index contributed by atoms with van der Waals surface area (Å²) in [5.41, 5.74) is 4.97. The number of nitrogens with one attached hydrogen (secondary N) is 1. The molecule has 1 aliphatic rings. The molecular formula is C23H25N3O. The number of benzene rings is 2. The molecule has 4 rings (SSSR count). The molecule has 2 aromatic carbocycles. The van der Waals surface area contributed by atoms with E-state index in [1.54, 1.807) is 6.20 Å². The van der Waals surface area contributed by atoms with E-state index in [0.29, 0.717) is 6.42 Å². The number of aromatic nitrogens is 2. The molecule has 0 aliphatic heterocycles. The van der Waals surface area contributed by atoms with Gasteiger partial charge in [0.15, 0.2) is 0 Å². The Morgan fingerprint density at radius 3 is 2.63 bits per heavy atom. The Labute approximate surface area is 160 Å². The summed E-state index contributed by atoms with van der Waals surface area (Å²) >= 11 is 0. The molecule has 1 atom stereocenters. The summed E-state index contributed by atoms with van der Waals surface area (Å²) in [7, 11) is 1.95. The molecule has 0 saturated heterocycles. The maximum atomic E-state index is 12.8. The number of amides is 1. The van der Waals surface area contributed by atoms with Gasteiger partial charge < -0.3 is 9.88 Å². The van der Waals surface area contributed by atoms with Gasteiger partial charge in [-0.2, -0.15) is 0 Å². The molecule has 1 aromatic heterocycles. The number of fused-ring (bicyclic) bond motifs is 1. The van der Waals surface area contributed by atoms with Crippen LogP contribution in [0.3, 0.4) is 0 Å². The van der Waals surface area contributed by atoms with Gasteiger partial charge in [-0.1, -0.05) is 48.5 Å². The summed E-state index contributed by atoms with van der Waals surface area (Å²) in [4.78, 5) is 17.3. The lowest BCUT2D eigenvalue weighted by Crippen LogP contribution is -2.32. The first kappa shape index (κ1) is 17.5. The van der Waals surface area contributed by atoms with E-state index in [4.69, 9.17) is 0 Å². The Morgan fingerprint density at radius 2 is 1.89 bits per heavy atom. The highest BCUT2D eigenvalue weighted by Gasteiger charge is 2.21. The van der Waals surface area contributed by atoms with E-state index in [0.717, 1.165) is 29.8 Å². The van der Waals surface area contributed by atoms with Crippen molar-refractivity contribution in [3.63, 3.8) is 0 Å². The van der Waals surface area contributed by atoms with Crippen LogP contribution in [0.15, 0.2) is 60.9 Å². The van der Waals surface area contributed by atoms with Crippen LogP contribution in [0.4, 0.5) is 0 Å². The van der Waals surface area contributed by atoms with Gasteiger partial charge >= 0.3 is 0 Å². The van der Waals surface area contributed by atoms with Crippen molar-refractivity contribution >= 4 is 5.91 Å². The highest BCUT2D eigenvalue weighted by molar-refractivity contribution is 5.79. The maximum absolute atomic E-state index is 12.8. The van der Waals surface area contributed by atoms with Crippen molar-refractivity contribution in [1.82, 2.24) is 14.9 Å². The molecule has 0 spiro atoms. The number of hydrogen-bond donors (Lipinski definition) is 1. The van der Waals surface area contributed by atoms with Gasteiger partial charge in [0.1, 0.15) is 11.9 Å². The van der Waals surface area contributed by atoms with Crippen LogP contribution in [0.5, 0.6) is 0 Å². The summed E-state index contributed by atoms with van der Waals surface area (Å²) in [6.45, 7) is 0. The number of nitrogens with zero attached hydrogens (tertiary/aromatic N) is 2. The Morgan fingerprint density at radius 1 is 1.11 bits per heavy atom. The van der Waals surface area contributed by atoms with Gasteiger partial charge in [-0.25, -0.2) is 4.98 Å². The van der Waals surface area contributed by atoms with Gasteiger partial charge in [0, 0.05) is 19.4 Å². The number of carbonyl (C=O) groups excluding carboxylic acids is 1. The van der Waals surface area contributed by atoms with Crippen molar-refractivity contribution in [2.24, 2.45) is 7.05 Å². The van der Waals surface area contributed by atoms with E-state index >= 15 is 0 Å². The maximum Gasteiger partial charge on any atom is 0.225 e. The zero-order valence-corrected chi connectivity index (χ0v) is 15.7. The molecular weight excluding hydrogens is 334 g/mol. The fourth-order valence-corrected chi connectivity index (χ4v) is 3.89. The van der Waals surface area contributed by atoms with Crippen LogP contribution in [0.2, 0.25) is 0 Å². The molecule has 4 heteroatoms. The lowest BCUT2D eigenvalue weighted by Gasteiger charge is -2.20. The Kier molecular flexibility index (Phi) is 5.05. The second-order valence-corrected chi connectivity index (χ2v) is 7.29. The van der Waals surface area contributed by atoms with Crippen LogP contribution < -0.4 is 5.32 Å². The van der Waals surface area contributed by atoms with Gasteiger partial charge in [-0.15, -0.1) is 0 Å². The van der Waals surface area contributed by atoms with Gasteiger partial charge in [-0.3, -0.25) is 4.79 Å². The van der Waals surface area contributed by atoms with Gasteiger partial charge in [-0.05, 0) is 47.9 Å². The summed E-state index contributed by atoms with van der Waals surface area (Å²) < 4.78 is 1.96. The van der Waals surface area contributed by atoms with E-state index in [1.807, 2.05) is 48.1 Å². The molecule has 0 unspecified atom stereocenters.